The van der Waals surface area contributed by atoms with Crippen LogP contribution in [0.1, 0.15) is 0 Å². The van der Waals surface area contributed by atoms with Crippen molar-refractivity contribution >= 4 is 27.3 Å². The van der Waals surface area contributed by atoms with Crippen LogP contribution < -0.4 is 14.5 Å². The Kier molecular flexibility index (Phi) is 6.33. The molecule has 0 saturated carbocycles. The number of benzene rings is 3. The van der Waals surface area contributed by atoms with Crippen LogP contribution in [0.3, 0.4) is 0 Å². The molecule has 4 rings (SSSR count). The number of phenolic OH excluding ortho intramolecular Hbond substituents is 1. The third-order valence-electron chi connectivity index (χ3n) is 5.56. The molecule has 0 spiro atoms. The molecule has 0 bridgehead atoms. The summed E-state index contributed by atoms with van der Waals surface area (Å²) in [6.45, 7) is 0. The monoisotopic (exact) mass is 506 g/mol. The first-order valence-corrected chi connectivity index (χ1v) is 11.3. The van der Waals surface area contributed by atoms with Gasteiger partial charge in [0.25, 0.3) is 0 Å². The first-order chi connectivity index (χ1) is 15.8. The van der Waals surface area contributed by atoms with Gasteiger partial charge in [-0.3, -0.25) is 0 Å². The average Bonchev–Trinajstić information content (AvgIpc) is 3.26. The molecular weight excluding hydrogens is 480 g/mol. The lowest BCUT2D eigenvalue weighted by Gasteiger charge is -2.13. The molecular formula is C26H27BrN4O2. The Bertz CT molecular complexity index is 1190. The van der Waals surface area contributed by atoms with Gasteiger partial charge in [0, 0.05) is 56.3 Å². The van der Waals surface area contributed by atoms with Crippen molar-refractivity contribution in [2.24, 2.45) is 0 Å². The van der Waals surface area contributed by atoms with Gasteiger partial charge in [-0.15, -0.1) is 0 Å². The van der Waals surface area contributed by atoms with Crippen LogP contribution in [0.4, 0.5) is 11.4 Å². The summed E-state index contributed by atoms with van der Waals surface area (Å²) in [6.07, 6.45) is 0. The van der Waals surface area contributed by atoms with Crippen LogP contribution >= 0.6 is 15.9 Å². The second kappa shape index (κ2) is 9.19. The molecule has 33 heavy (non-hydrogen) atoms. The summed E-state index contributed by atoms with van der Waals surface area (Å²) >= 11 is 3.41. The number of aromatic nitrogens is 2. The molecule has 0 aliphatic rings. The highest BCUT2D eigenvalue weighted by molar-refractivity contribution is 9.10. The Labute approximate surface area is 202 Å². The van der Waals surface area contributed by atoms with Crippen LogP contribution in [0.5, 0.6) is 11.5 Å². The fraction of sp³-hybridized carbons (Fsp3) is 0.192. The van der Waals surface area contributed by atoms with E-state index < -0.39 is 0 Å². The van der Waals surface area contributed by atoms with Crippen molar-refractivity contribution in [2.45, 2.75) is 0 Å². The quantitative estimate of drug-likeness (QED) is 0.334. The predicted molar refractivity (Wildman–Crippen MR) is 139 cm³/mol. The summed E-state index contributed by atoms with van der Waals surface area (Å²) in [7, 11) is 9.63. The van der Waals surface area contributed by atoms with Gasteiger partial charge in [0.05, 0.1) is 23.0 Å². The van der Waals surface area contributed by atoms with Gasteiger partial charge in [0.2, 0.25) is 0 Å². The van der Waals surface area contributed by atoms with Gasteiger partial charge in [-0.25, -0.2) is 4.98 Å². The Morgan fingerprint density at radius 2 is 1.36 bits per heavy atom. The van der Waals surface area contributed by atoms with Crippen LogP contribution in [0, 0.1) is 0 Å². The second-order valence-corrected chi connectivity index (χ2v) is 9.05. The summed E-state index contributed by atoms with van der Waals surface area (Å²) < 4.78 is 5.88. The van der Waals surface area contributed by atoms with Gasteiger partial charge in [-0.05, 0) is 52.3 Å². The first kappa shape index (κ1) is 22.7. The van der Waals surface area contributed by atoms with Crippen molar-refractivity contribution in [1.82, 2.24) is 9.97 Å². The topological polar surface area (TPSA) is 64.6 Å². The van der Waals surface area contributed by atoms with Gasteiger partial charge in [-0.1, -0.05) is 24.3 Å². The smallest absolute Gasteiger partial charge is 0.172 e. The summed E-state index contributed by atoms with van der Waals surface area (Å²) in [5.41, 5.74) is 6.89. The maximum Gasteiger partial charge on any atom is 0.172 e. The maximum atomic E-state index is 10.2. The fourth-order valence-electron chi connectivity index (χ4n) is 3.64. The molecule has 0 aliphatic carbocycles. The molecule has 0 amide bonds. The lowest BCUT2D eigenvalue weighted by Crippen LogP contribution is -2.08. The number of hydrogen-bond donors (Lipinski definition) is 2. The van der Waals surface area contributed by atoms with Gasteiger partial charge in [-0.2, -0.15) is 0 Å². The number of ether oxygens (including phenoxy) is 1. The number of H-pyrrole nitrogens is 1. The first-order valence-electron chi connectivity index (χ1n) is 10.5. The molecule has 4 aromatic rings. The third kappa shape index (κ3) is 4.54. The van der Waals surface area contributed by atoms with Gasteiger partial charge < -0.3 is 24.6 Å². The Hall–Kier alpha value is -3.45. The number of nitrogens with zero attached hydrogens (tertiary/aromatic N) is 3. The Morgan fingerprint density at radius 3 is 1.88 bits per heavy atom. The summed E-state index contributed by atoms with van der Waals surface area (Å²) in [5.74, 6) is 1.13. The molecule has 6 nitrogen and oxygen atoms in total. The average molecular weight is 507 g/mol. The van der Waals surface area contributed by atoms with Crippen LogP contribution in [-0.4, -0.2) is 50.4 Å². The van der Waals surface area contributed by atoms with Crippen LogP contribution in [0.2, 0.25) is 0 Å². The number of imidazole rings is 1. The van der Waals surface area contributed by atoms with E-state index in [4.69, 9.17) is 9.72 Å². The zero-order valence-electron chi connectivity index (χ0n) is 19.3. The number of aromatic amines is 1. The van der Waals surface area contributed by atoms with Gasteiger partial charge in [0.1, 0.15) is 5.82 Å². The molecule has 3 aromatic carbocycles. The van der Waals surface area contributed by atoms with Crippen LogP contribution in [0.25, 0.3) is 33.9 Å². The summed E-state index contributed by atoms with van der Waals surface area (Å²) in [6, 6.07) is 20.3. The van der Waals surface area contributed by atoms with Crippen molar-refractivity contribution in [3.63, 3.8) is 0 Å². The molecule has 0 atom stereocenters. The molecule has 0 unspecified atom stereocenters. The number of phenols is 1. The zero-order valence-corrected chi connectivity index (χ0v) is 20.9. The minimum atomic E-state index is 0.0619. The lowest BCUT2D eigenvalue weighted by molar-refractivity contribution is 0.372. The molecule has 0 saturated heterocycles. The molecule has 2 N–H and O–H groups in total. The zero-order chi connectivity index (χ0) is 23.7. The van der Waals surface area contributed by atoms with Crippen molar-refractivity contribution in [3.8, 4) is 45.4 Å². The Balaban J connectivity index is 1.87. The number of rotatable bonds is 6. The number of methoxy groups -OCH3 is 1. The minimum Gasteiger partial charge on any atom is -0.503 e. The van der Waals surface area contributed by atoms with E-state index in [0.717, 1.165) is 39.5 Å². The third-order valence-corrected chi connectivity index (χ3v) is 6.16. The van der Waals surface area contributed by atoms with Gasteiger partial charge >= 0.3 is 0 Å². The highest BCUT2D eigenvalue weighted by atomic mass is 79.9. The number of halogens is 1. The number of anilines is 2. The summed E-state index contributed by atoms with van der Waals surface area (Å²) in [4.78, 5) is 12.6. The van der Waals surface area contributed by atoms with Crippen LogP contribution in [0.15, 0.2) is 65.1 Å². The van der Waals surface area contributed by atoms with E-state index >= 15 is 0 Å². The minimum absolute atomic E-state index is 0.0619. The van der Waals surface area contributed by atoms with Crippen molar-refractivity contribution in [1.29, 1.82) is 0 Å². The standard InChI is InChI=1S/C26H27BrN4O2/c1-30(2)19-10-6-16(7-11-19)23-24(17-8-12-20(13-9-17)31(3)4)29-26(28-23)18-14-21(27)25(32)22(15-18)33-5/h6-15,32H,1-5H3,(H,28,29). The van der Waals surface area contributed by atoms with E-state index in [2.05, 4.69) is 79.2 Å². The molecule has 1 aromatic heterocycles. The number of aromatic hydroxyl groups is 1. The predicted octanol–water partition coefficient (Wildman–Crippen LogP) is 6.02. The van der Waals surface area contributed by atoms with Crippen LogP contribution in [-0.2, 0) is 0 Å². The van der Waals surface area contributed by atoms with E-state index in [0.29, 0.717) is 16.0 Å². The molecule has 7 heteroatoms. The van der Waals surface area contributed by atoms with E-state index in [1.54, 1.807) is 6.07 Å². The SMILES string of the molecule is COc1cc(-c2nc(-c3ccc(N(C)C)cc3)c(-c3ccc(N(C)C)cc3)[nH]2)cc(Br)c1O. The van der Waals surface area contributed by atoms with E-state index in [1.807, 2.05) is 34.3 Å². The van der Waals surface area contributed by atoms with E-state index in [-0.39, 0.29) is 5.75 Å². The van der Waals surface area contributed by atoms with E-state index in [9.17, 15) is 5.11 Å². The largest absolute Gasteiger partial charge is 0.503 e. The fourth-order valence-corrected chi connectivity index (χ4v) is 4.08. The normalized spacial score (nSPS) is 10.8. The molecule has 0 aliphatic heterocycles. The van der Waals surface area contributed by atoms with Crippen molar-refractivity contribution in [2.75, 3.05) is 45.1 Å². The van der Waals surface area contributed by atoms with E-state index in [1.165, 1.54) is 7.11 Å². The number of hydrogen-bond acceptors (Lipinski definition) is 5. The molecule has 0 radical (unpaired) electrons. The van der Waals surface area contributed by atoms with Crippen molar-refractivity contribution in [3.05, 3.63) is 65.1 Å². The highest BCUT2D eigenvalue weighted by Crippen LogP contribution is 2.40. The number of nitrogens with one attached hydrogen (secondary N) is 1. The van der Waals surface area contributed by atoms with Crippen molar-refractivity contribution < 1.29 is 9.84 Å². The molecule has 0 fully saturated rings. The molecule has 170 valence electrons. The summed E-state index contributed by atoms with van der Waals surface area (Å²) in [5, 5.41) is 10.2. The maximum absolute atomic E-state index is 10.2. The van der Waals surface area contributed by atoms with Gasteiger partial charge in [0.15, 0.2) is 11.5 Å². The highest BCUT2D eigenvalue weighted by Gasteiger charge is 2.18. The molecule has 1 heterocycles. The Morgan fingerprint density at radius 1 is 0.818 bits per heavy atom. The lowest BCUT2D eigenvalue weighted by atomic mass is 10.0. The second-order valence-electron chi connectivity index (χ2n) is 8.20.